The molecule has 0 saturated carbocycles. The summed E-state index contributed by atoms with van der Waals surface area (Å²) in [5, 5.41) is 3.42. The average molecular weight is 483 g/mol. The molecule has 168 valence electrons. The van der Waals surface area contributed by atoms with Crippen LogP contribution in [-0.4, -0.2) is 24.4 Å². The number of aryl methyl sites for hydroxylation is 1. The van der Waals surface area contributed by atoms with Crippen LogP contribution in [0.4, 0.5) is 5.69 Å². The summed E-state index contributed by atoms with van der Waals surface area (Å²) < 4.78 is 11.1. The number of hydrazine groups is 1. The number of nitrogens with zero attached hydrogens (tertiary/aromatic N) is 1. The predicted molar refractivity (Wildman–Crippen MR) is 127 cm³/mol. The Kier molecular flexibility index (Phi) is 6.48. The molecule has 9 heteroatoms. The molecule has 0 radical (unpaired) electrons. The molecule has 1 saturated heterocycles. The van der Waals surface area contributed by atoms with Crippen molar-refractivity contribution in [3.05, 3.63) is 80.5 Å². The Balaban J connectivity index is 1.60. The van der Waals surface area contributed by atoms with E-state index >= 15 is 0 Å². The fourth-order valence-electron chi connectivity index (χ4n) is 3.14. The molecule has 4 rings (SSSR count). The van der Waals surface area contributed by atoms with E-state index in [9.17, 15) is 14.4 Å². The van der Waals surface area contributed by atoms with E-state index in [4.69, 9.17) is 21.1 Å². The molecule has 33 heavy (non-hydrogen) atoms. The van der Waals surface area contributed by atoms with Crippen LogP contribution >= 0.6 is 22.9 Å². The molecular weight excluding hydrogens is 464 g/mol. The molecule has 1 fully saturated rings. The fraction of sp³-hybridized carbons (Fsp3) is 0.125. The van der Waals surface area contributed by atoms with Crippen LogP contribution in [-0.2, 0) is 9.59 Å². The highest BCUT2D eigenvalue weighted by atomic mass is 35.5. The zero-order valence-electron chi connectivity index (χ0n) is 17.8. The van der Waals surface area contributed by atoms with Crippen molar-refractivity contribution in [3.63, 3.8) is 0 Å². The van der Waals surface area contributed by atoms with E-state index in [1.807, 2.05) is 6.92 Å². The summed E-state index contributed by atoms with van der Waals surface area (Å²) in [5.74, 6) is -0.968. The number of hydrogen-bond acceptors (Lipinski definition) is 6. The van der Waals surface area contributed by atoms with Crippen molar-refractivity contribution in [1.82, 2.24) is 5.43 Å². The van der Waals surface area contributed by atoms with E-state index < -0.39 is 17.8 Å². The van der Waals surface area contributed by atoms with Crippen LogP contribution in [0.25, 0.3) is 6.08 Å². The molecule has 3 aromatic rings. The van der Waals surface area contributed by atoms with Gasteiger partial charge in [-0.05, 0) is 66.8 Å². The molecule has 1 aliphatic rings. The molecule has 0 aliphatic carbocycles. The molecule has 1 N–H and O–H groups in total. The zero-order valence-corrected chi connectivity index (χ0v) is 19.3. The van der Waals surface area contributed by atoms with Gasteiger partial charge in [-0.25, -0.2) is 9.80 Å². The van der Waals surface area contributed by atoms with Crippen molar-refractivity contribution in [3.8, 4) is 11.5 Å². The van der Waals surface area contributed by atoms with Gasteiger partial charge in [0.25, 0.3) is 11.8 Å². The maximum atomic E-state index is 12.9. The number of rotatable bonds is 6. The third-order valence-electron chi connectivity index (χ3n) is 4.81. The Hall–Kier alpha value is -3.62. The third kappa shape index (κ3) is 4.76. The highest BCUT2D eigenvalue weighted by Crippen LogP contribution is 2.32. The minimum Gasteiger partial charge on any atom is -0.490 e. The van der Waals surface area contributed by atoms with Gasteiger partial charge in [0.15, 0.2) is 11.5 Å². The zero-order chi connectivity index (χ0) is 23.5. The normalized spacial score (nSPS) is 14.5. The lowest BCUT2D eigenvalue weighted by atomic mass is 10.1. The molecule has 7 nitrogen and oxygen atoms in total. The number of halogens is 1. The summed E-state index contributed by atoms with van der Waals surface area (Å²) in [6.07, 6.45) is 1.46. The number of amides is 2. The Labute approximate surface area is 199 Å². The molecule has 0 spiro atoms. The second kappa shape index (κ2) is 9.48. The van der Waals surface area contributed by atoms with Crippen molar-refractivity contribution >= 4 is 52.5 Å². The van der Waals surface area contributed by atoms with E-state index in [0.717, 1.165) is 10.6 Å². The van der Waals surface area contributed by atoms with Crippen LogP contribution in [0.15, 0.2) is 59.5 Å². The SMILES string of the molecule is CCOc1cc(/C=C2/C(=O)NN(c3ccc(C)c(Cl)c3)C2=O)ccc1OC(=O)c1cccs1. The number of ether oxygens (including phenoxy) is 2. The number of anilines is 1. The topological polar surface area (TPSA) is 84.9 Å². The van der Waals surface area contributed by atoms with Crippen molar-refractivity contribution in [2.45, 2.75) is 13.8 Å². The number of hydrogen-bond donors (Lipinski definition) is 1. The maximum absolute atomic E-state index is 12.9. The van der Waals surface area contributed by atoms with E-state index in [2.05, 4.69) is 5.43 Å². The Morgan fingerprint density at radius 2 is 1.97 bits per heavy atom. The monoisotopic (exact) mass is 482 g/mol. The van der Waals surface area contributed by atoms with E-state index in [-0.39, 0.29) is 11.3 Å². The molecule has 0 unspecified atom stereocenters. The highest BCUT2D eigenvalue weighted by Gasteiger charge is 2.34. The number of carbonyl (C=O) groups excluding carboxylic acids is 3. The number of benzene rings is 2. The Bertz CT molecular complexity index is 1270. The number of nitrogens with one attached hydrogen (secondary N) is 1. The molecule has 2 heterocycles. The Morgan fingerprint density at radius 1 is 1.15 bits per heavy atom. The van der Waals surface area contributed by atoms with Gasteiger partial charge in [-0.1, -0.05) is 29.8 Å². The van der Waals surface area contributed by atoms with Crippen LogP contribution in [0.2, 0.25) is 5.02 Å². The number of carbonyl (C=O) groups is 3. The summed E-state index contributed by atoms with van der Waals surface area (Å²) in [6.45, 7) is 3.98. The van der Waals surface area contributed by atoms with E-state index in [1.165, 1.54) is 17.4 Å². The summed E-state index contributed by atoms with van der Waals surface area (Å²) in [7, 11) is 0. The molecular formula is C24H19ClN2O5S. The van der Waals surface area contributed by atoms with Gasteiger partial charge in [0.05, 0.1) is 12.3 Å². The van der Waals surface area contributed by atoms with Crippen LogP contribution in [0.3, 0.4) is 0 Å². The molecule has 1 aliphatic heterocycles. The van der Waals surface area contributed by atoms with Gasteiger partial charge < -0.3 is 9.47 Å². The summed E-state index contributed by atoms with van der Waals surface area (Å²) in [6, 6.07) is 13.3. The highest BCUT2D eigenvalue weighted by molar-refractivity contribution is 7.12. The van der Waals surface area contributed by atoms with Crippen LogP contribution in [0.5, 0.6) is 11.5 Å². The smallest absolute Gasteiger partial charge is 0.353 e. The van der Waals surface area contributed by atoms with Crippen molar-refractivity contribution < 1.29 is 23.9 Å². The van der Waals surface area contributed by atoms with Gasteiger partial charge in [-0.15, -0.1) is 11.3 Å². The summed E-state index contributed by atoms with van der Waals surface area (Å²) >= 11 is 7.43. The van der Waals surface area contributed by atoms with E-state index in [1.54, 1.807) is 60.8 Å². The first kappa shape index (κ1) is 22.6. The molecule has 2 amide bonds. The van der Waals surface area contributed by atoms with Gasteiger partial charge in [-0.2, -0.15) is 0 Å². The van der Waals surface area contributed by atoms with Crippen molar-refractivity contribution in [1.29, 1.82) is 0 Å². The lowest BCUT2D eigenvalue weighted by molar-refractivity contribution is -0.117. The lowest BCUT2D eigenvalue weighted by Gasteiger charge is -2.15. The molecule has 0 bridgehead atoms. The second-order valence-corrected chi connectivity index (χ2v) is 8.43. The standard InChI is InChI=1S/C24H19ClN2O5S/c1-3-31-20-12-15(7-9-19(20)32-24(30)21-5-4-10-33-21)11-17-22(28)26-27(23(17)29)16-8-6-14(2)18(25)13-16/h4-13H,3H2,1-2H3,(H,26,28)/b17-11-. The Morgan fingerprint density at radius 3 is 2.67 bits per heavy atom. The minimum atomic E-state index is -0.539. The van der Waals surface area contributed by atoms with Crippen molar-refractivity contribution in [2.75, 3.05) is 11.6 Å². The van der Waals surface area contributed by atoms with Gasteiger partial charge in [0.1, 0.15) is 10.5 Å². The summed E-state index contributed by atoms with van der Waals surface area (Å²) in [4.78, 5) is 38.2. The predicted octanol–water partition coefficient (Wildman–Crippen LogP) is 4.79. The molecule has 2 aromatic carbocycles. The third-order valence-corrected chi connectivity index (χ3v) is 6.07. The van der Waals surface area contributed by atoms with Crippen LogP contribution < -0.4 is 19.9 Å². The average Bonchev–Trinajstić information content (AvgIpc) is 3.42. The van der Waals surface area contributed by atoms with E-state index in [0.29, 0.717) is 33.5 Å². The minimum absolute atomic E-state index is 0.0440. The van der Waals surface area contributed by atoms with Gasteiger partial charge >= 0.3 is 5.97 Å². The van der Waals surface area contributed by atoms with Gasteiger partial charge in [0, 0.05) is 5.02 Å². The first-order valence-electron chi connectivity index (χ1n) is 10.0. The lowest BCUT2D eigenvalue weighted by Crippen LogP contribution is -2.35. The number of esters is 1. The molecule has 1 aromatic heterocycles. The maximum Gasteiger partial charge on any atom is 0.353 e. The first-order valence-corrected chi connectivity index (χ1v) is 11.3. The quantitative estimate of drug-likeness (QED) is 0.236. The first-order chi connectivity index (χ1) is 15.9. The largest absolute Gasteiger partial charge is 0.490 e. The van der Waals surface area contributed by atoms with Gasteiger partial charge in [-0.3, -0.25) is 15.0 Å². The second-order valence-electron chi connectivity index (χ2n) is 7.08. The summed E-state index contributed by atoms with van der Waals surface area (Å²) in [5.41, 5.74) is 4.36. The van der Waals surface area contributed by atoms with Crippen LogP contribution in [0, 0.1) is 6.92 Å². The van der Waals surface area contributed by atoms with Crippen molar-refractivity contribution in [2.24, 2.45) is 0 Å². The van der Waals surface area contributed by atoms with Crippen LogP contribution in [0.1, 0.15) is 27.7 Å². The number of thiophene rings is 1. The fourth-order valence-corrected chi connectivity index (χ4v) is 3.91. The van der Waals surface area contributed by atoms with Gasteiger partial charge in [0.2, 0.25) is 0 Å². The molecule has 0 atom stereocenters.